The Labute approximate surface area is 175 Å². The molecule has 2 atom stereocenters. The van der Waals surface area contributed by atoms with Crippen LogP contribution in [0.5, 0.6) is 0 Å². The van der Waals surface area contributed by atoms with Crippen molar-refractivity contribution in [2.24, 2.45) is 5.92 Å². The maximum Gasteiger partial charge on any atom is 0.257 e. The average molecular weight is 401 g/mol. The molecule has 0 saturated carbocycles. The van der Waals surface area contributed by atoms with E-state index in [2.05, 4.69) is 28.6 Å². The van der Waals surface area contributed by atoms with Crippen LogP contribution in [0.4, 0.5) is 5.82 Å². The Morgan fingerprint density at radius 2 is 1.76 bits per heavy atom. The van der Waals surface area contributed by atoms with E-state index in [0.29, 0.717) is 18.1 Å². The van der Waals surface area contributed by atoms with E-state index in [9.17, 15) is 4.79 Å². The molecule has 29 heavy (non-hydrogen) atoms. The summed E-state index contributed by atoms with van der Waals surface area (Å²) in [6, 6.07) is 3.86. The number of likely N-dealkylation sites (tertiary alicyclic amines) is 1. The standard InChI is InChI=1S/C23H36N4O2/c1-18-15-25(16-19(2)29-18)17-20-8-13-26(14-9-20)22-21(7-6-10-24-22)23(28)27-11-4-3-5-12-27/h6-7,10,18-20H,3-5,8-9,11-17H2,1-2H3. The number of nitrogens with zero attached hydrogens (tertiary/aromatic N) is 4. The molecule has 1 aromatic heterocycles. The molecule has 0 radical (unpaired) electrons. The van der Waals surface area contributed by atoms with Crippen LogP contribution in [0, 0.1) is 5.92 Å². The van der Waals surface area contributed by atoms with Crippen molar-refractivity contribution in [2.75, 3.05) is 50.7 Å². The lowest BCUT2D eigenvalue weighted by atomic mass is 9.95. The largest absolute Gasteiger partial charge is 0.373 e. The monoisotopic (exact) mass is 400 g/mol. The summed E-state index contributed by atoms with van der Waals surface area (Å²) >= 11 is 0. The number of rotatable bonds is 4. The summed E-state index contributed by atoms with van der Waals surface area (Å²) in [5.41, 5.74) is 0.781. The molecule has 0 aromatic carbocycles. The average Bonchev–Trinajstić information content (AvgIpc) is 2.74. The van der Waals surface area contributed by atoms with Gasteiger partial charge >= 0.3 is 0 Å². The van der Waals surface area contributed by atoms with Crippen molar-refractivity contribution in [1.82, 2.24) is 14.8 Å². The van der Waals surface area contributed by atoms with Gasteiger partial charge in [0.15, 0.2) is 0 Å². The third kappa shape index (κ3) is 5.10. The number of anilines is 1. The van der Waals surface area contributed by atoms with Gasteiger partial charge in [-0.2, -0.15) is 0 Å². The molecule has 2 unspecified atom stereocenters. The minimum atomic E-state index is 0.159. The number of hydrogen-bond donors (Lipinski definition) is 0. The highest BCUT2D eigenvalue weighted by atomic mass is 16.5. The van der Waals surface area contributed by atoms with Gasteiger partial charge in [-0.1, -0.05) is 0 Å². The summed E-state index contributed by atoms with van der Waals surface area (Å²) in [6.07, 6.45) is 8.27. The lowest BCUT2D eigenvalue weighted by Crippen LogP contribution is -2.48. The fraction of sp³-hybridized carbons (Fsp3) is 0.739. The zero-order chi connectivity index (χ0) is 20.2. The summed E-state index contributed by atoms with van der Waals surface area (Å²) in [7, 11) is 0. The molecule has 0 bridgehead atoms. The van der Waals surface area contributed by atoms with Crippen molar-refractivity contribution in [2.45, 2.75) is 58.2 Å². The zero-order valence-corrected chi connectivity index (χ0v) is 18.1. The van der Waals surface area contributed by atoms with E-state index in [0.717, 1.165) is 82.9 Å². The van der Waals surface area contributed by atoms with Crippen LogP contribution in [0.3, 0.4) is 0 Å². The normalized spacial score (nSPS) is 27.2. The number of amides is 1. The smallest absolute Gasteiger partial charge is 0.257 e. The molecular formula is C23H36N4O2. The van der Waals surface area contributed by atoms with E-state index < -0.39 is 0 Å². The molecule has 6 heteroatoms. The van der Waals surface area contributed by atoms with Gasteiger partial charge in [0, 0.05) is 52.0 Å². The molecule has 160 valence electrons. The third-order valence-electron chi connectivity index (χ3n) is 6.59. The molecule has 0 aliphatic carbocycles. The number of morpholine rings is 1. The first kappa shape index (κ1) is 20.6. The predicted molar refractivity (Wildman–Crippen MR) is 115 cm³/mol. The van der Waals surface area contributed by atoms with Gasteiger partial charge in [0.05, 0.1) is 17.8 Å². The molecule has 1 amide bonds. The second-order valence-corrected chi connectivity index (χ2v) is 9.13. The van der Waals surface area contributed by atoms with Crippen molar-refractivity contribution in [3.8, 4) is 0 Å². The van der Waals surface area contributed by atoms with Gasteiger partial charge in [-0.15, -0.1) is 0 Å². The van der Waals surface area contributed by atoms with E-state index in [1.165, 1.54) is 6.42 Å². The maximum absolute atomic E-state index is 13.1. The Morgan fingerprint density at radius 1 is 1.07 bits per heavy atom. The molecule has 4 heterocycles. The Balaban J connectivity index is 1.36. The first-order chi connectivity index (χ1) is 14.1. The lowest BCUT2D eigenvalue weighted by Gasteiger charge is -2.40. The van der Waals surface area contributed by atoms with E-state index in [4.69, 9.17) is 4.74 Å². The van der Waals surface area contributed by atoms with Crippen LogP contribution in [-0.2, 0) is 4.74 Å². The van der Waals surface area contributed by atoms with Crippen LogP contribution in [0.25, 0.3) is 0 Å². The number of carbonyl (C=O) groups excluding carboxylic acids is 1. The summed E-state index contributed by atoms with van der Waals surface area (Å²) in [4.78, 5) is 24.6. The number of piperidine rings is 2. The molecule has 3 aliphatic heterocycles. The SMILES string of the molecule is CC1CN(CC2CCN(c3ncccc3C(=O)N3CCCCC3)CC2)CC(C)O1. The van der Waals surface area contributed by atoms with E-state index >= 15 is 0 Å². The Bertz CT molecular complexity index is 673. The number of pyridine rings is 1. The fourth-order valence-corrected chi connectivity index (χ4v) is 5.21. The number of ether oxygens (including phenoxy) is 1. The molecule has 6 nitrogen and oxygen atoms in total. The maximum atomic E-state index is 13.1. The van der Waals surface area contributed by atoms with Crippen LogP contribution < -0.4 is 4.90 Å². The van der Waals surface area contributed by atoms with Gasteiger partial charge in [0.1, 0.15) is 5.82 Å². The van der Waals surface area contributed by atoms with Crippen molar-refractivity contribution in [3.05, 3.63) is 23.9 Å². The molecule has 3 aliphatic rings. The Kier molecular flexibility index (Phi) is 6.70. The first-order valence-corrected chi connectivity index (χ1v) is 11.5. The minimum Gasteiger partial charge on any atom is -0.373 e. The van der Waals surface area contributed by atoms with Crippen molar-refractivity contribution >= 4 is 11.7 Å². The van der Waals surface area contributed by atoms with Gasteiger partial charge in [-0.3, -0.25) is 9.69 Å². The van der Waals surface area contributed by atoms with Gasteiger partial charge in [-0.05, 0) is 64.0 Å². The molecule has 0 spiro atoms. The highest BCUT2D eigenvalue weighted by molar-refractivity contribution is 5.99. The second kappa shape index (κ2) is 9.43. The molecule has 3 saturated heterocycles. The van der Waals surface area contributed by atoms with Gasteiger partial charge in [-0.25, -0.2) is 4.98 Å². The van der Waals surface area contributed by atoms with Crippen molar-refractivity contribution < 1.29 is 9.53 Å². The molecule has 1 aromatic rings. The zero-order valence-electron chi connectivity index (χ0n) is 18.1. The summed E-state index contributed by atoms with van der Waals surface area (Å²) in [5.74, 6) is 1.76. The predicted octanol–water partition coefficient (Wildman–Crippen LogP) is 3.03. The van der Waals surface area contributed by atoms with E-state index in [1.807, 2.05) is 23.2 Å². The van der Waals surface area contributed by atoms with E-state index in [-0.39, 0.29) is 5.91 Å². The quantitative estimate of drug-likeness (QED) is 0.778. The number of hydrogen-bond acceptors (Lipinski definition) is 5. The molecular weight excluding hydrogens is 364 g/mol. The van der Waals surface area contributed by atoms with Crippen molar-refractivity contribution in [3.63, 3.8) is 0 Å². The number of carbonyl (C=O) groups is 1. The van der Waals surface area contributed by atoms with Gasteiger partial charge in [0.2, 0.25) is 0 Å². The van der Waals surface area contributed by atoms with Gasteiger partial charge < -0.3 is 14.5 Å². The summed E-state index contributed by atoms with van der Waals surface area (Å²) in [5, 5.41) is 0. The first-order valence-electron chi connectivity index (χ1n) is 11.5. The van der Waals surface area contributed by atoms with Crippen LogP contribution in [0.15, 0.2) is 18.3 Å². The number of aromatic nitrogens is 1. The highest BCUT2D eigenvalue weighted by Gasteiger charge is 2.29. The van der Waals surface area contributed by atoms with Crippen LogP contribution in [0.1, 0.15) is 56.3 Å². The van der Waals surface area contributed by atoms with Crippen LogP contribution in [-0.4, -0.2) is 78.7 Å². The Morgan fingerprint density at radius 3 is 2.45 bits per heavy atom. The minimum absolute atomic E-state index is 0.159. The fourth-order valence-electron chi connectivity index (χ4n) is 5.21. The van der Waals surface area contributed by atoms with Crippen LogP contribution in [0.2, 0.25) is 0 Å². The van der Waals surface area contributed by atoms with E-state index in [1.54, 1.807) is 0 Å². The lowest BCUT2D eigenvalue weighted by molar-refractivity contribution is -0.0720. The van der Waals surface area contributed by atoms with Crippen molar-refractivity contribution in [1.29, 1.82) is 0 Å². The van der Waals surface area contributed by atoms with Crippen LogP contribution >= 0.6 is 0 Å². The molecule has 4 rings (SSSR count). The summed E-state index contributed by atoms with van der Waals surface area (Å²) in [6.45, 7) is 11.3. The highest BCUT2D eigenvalue weighted by Crippen LogP contribution is 2.27. The third-order valence-corrected chi connectivity index (χ3v) is 6.59. The molecule has 3 fully saturated rings. The van der Waals surface area contributed by atoms with Gasteiger partial charge in [0.25, 0.3) is 5.91 Å². The summed E-state index contributed by atoms with van der Waals surface area (Å²) < 4.78 is 5.87. The topological polar surface area (TPSA) is 48.9 Å². The second-order valence-electron chi connectivity index (χ2n) is 9.13. The molecule has 0 N–H and O–H groups in total. The Hall–Kier alpha value is -1.66.